The van der Waals surface area contributed by atoms with E-state index >= 15 is 0 Å². The van der Waals surface area contributed by atoms with Crippen molar-refractivity contribution >= 4 is 41.0 Å². The third kappa shape index (κ3) is 4.21. The molecule has 25 heavy (non-hydrogen) atoms. The molecule has 0 radical (unpaired) electrons. The molecule has 0 spiro atoms. The van der Waals surface area contributed by atoms with Crippen molar-refractivity contribution < 1.29 is 19.3 Å². The fourth-order valence-corrected chi connectivity index (χ4v) is 2.79. The van der Waals surface area contributed by atoms with Gasteiger partial charge in [0.25, 0.3) is 11.7 Å². The minimum absolute atomic E-state index is 0.278. The van der Waals surface area contributed by atoms with Crippen LogP contribution in [0.15, 0.2) is 18.2 Å². The van der Waals surface area contributed by atoms with Gasteiger partial charge in [-0.25, -0.2) is 9.69 Å². The molecule has 1 fully saturated rings. The molecule has 3 amide bonds. The first kappa shape index (κ1) is 19.0. The van der Waals surface area contributed by atoms with Crippen LogP contribution in [0.5, 0.6) is 5.75 Å². The maximum atomic E-state index is 12.0. The smallest absolute Gasteiger partial charge is 0.417 e. The number of amidine groups is 1. The number of ether oxygens (including phenoxy) is 1. The highest BCUT2D eigenvalue weighted by Gasteiger charge is 2.46. The minimum atomic E-state index is -1.03. The van der Waals surface area contributed by atoms with E-state index in [1.807, 2.05) is 6.07 Å². The van der Waals surface area contributed by atoms with E-state index in [2.05, 4.69) is 4.99 Å². The van der Waals surface area contributed by atoms with Gasteiger partial charge in [0.05, 0.1) is 31.3 Å². The number of amides is 3. The highest BCUT2D eigenvalue weighted by molar-refractivity contribution is 6.35. The number of benzene rings is 1. The summed E-state index contributed by atoms with van der Waals surface area (Å²) in [6, 6.07) is 6.39. The van der Waals surface area contributed by atoms with Crippen LogP contribution in [0.1, 0.15) is 6.42 Å². The Morgan fingerprint density at radius 1 is 1.28 bits per heavy atom. The Kier molecular flexibility index (Phi) is 6.23. The van der Waals surface area contributed by atoms with Gasteiger partial charge < -0.3 is 4.74 Å². The van der Waals surface area contributed by atoms with Gasteiger partial charge in [0.2, 0.25) is 5.92 Å². The Hall–Kier alpha value is -2.30. The summed E-state index contributed by atoms with van der Waals surface area (Å²) in [7, 11) is 2.87. The van der Waals surface area contributed by atoms with Crippen molar-refractivity contribution in [3.05, 3.63) is 28.2 Å². The number of rotatable bonds is 5. The molecule has 1 heterocycles. The standard InChI is InChI=1S/C16H16Cl2N4O3/c1-21-14(11(9-19)15(23)22(2)16(21)24)20-6-3-7-25-13-5-4-10(17)8-12(13)18/h4-5,8,11H,3,6-7H2,1-2H3/p+1. The first-order valence-corrected chi connectivity index (χ1v) is 8.26. The predicted molar refractivity (Wildman–Crippen MR) is 92.4 cm³/mol. The van der Waals surface area contributed by atoms with Crippen molar-refractivity contribution in [1.29, 1.82) is 5.26 Å². The lowest BCUT2D eigenvalue weighted by atomic mass is 10.1. The van der Waals surface area contributed by atoms with Gasteiger partial charge in [-0.05, 0) is 18.2 Å². The van der Waals surface area contributed by atoms with E-state index in [0.29, 0.717) is 35.4 Å². The third-order valence-electron chi connectivity index (χ3n) is 3.69. The Labute approximate surface area is 155 Å². The summed E-state index contributed by atoms with van der Waals surface area (Å²) < 4.78 is 5.56. The van der Waals surface area contributed by atoms with Crippen molar-refractivity contribution in [2.24, 2.45) is 5.92 Å². The van der Waals surface area contributed by atoms with Gasteiger partial charge in [0, 0.05) is 18.5 Å². The molecule has 0 aliphatic carbocycles. The number of nitrogens with zero attached hydrogens (tertiary/aromatic N) is 3. The average molecular weight is 384 g/mol. The zero-order valence-corrected chi connectivity index (χ0v) is 15.3. The predicted octanol–water partition coefficient (Wildman–Crippen LogP) is 0.905. The summed E-state index contributed by atoms with van der Waals surface area (Å²) >= 11 is 11.8. The summed E-state index contributed by atoms with van der Waals surface area (Å²) in [6.45, 7) is 0.789. The Balaban J connectivity index is 1.95. The largest absolute Gasteiger partial charge is 0.492 e. The summed E-state index contributed by atoms with van der Waals surface area (Å²) in [5.74, 6) is -0.771. The Morgan fingerprint density at radius 3 is 2.64 bits per heavy atom. The van der Waals surface area contributed by atoms with Crippen molar-refractivity contribution in [1.82, 2.24) is 9.80 Å². The van der Waals surface area contributed by atoms with Crippen molar-refractivity contribution in [3.63, 3.8) is 0 Å². The van der Waals surface area contributed by atoms with Gasteiger partial charge in [-0.2, -0.15) is 10.2 Å². The van der Waals surface area contributed by atoms with Crippen molar-refractivity contribution in [3.8, 4) is 11.8 Å². The van der Waals surface area contributed by atoms with Crippen LogP contribution in [0.25, 0.3) is 0 Å². The normalized spacial score (nSPS) is 19.3. The number of hydrogen-bond donors (Lipinski definition) is 1. The second-order valence-electron chi connectivity index (χ2n) is 5.39. The topological polar surface area (TPSA) is 87.6 Å². The van der Waals surface area contributed by atoms with Crippen LogP contribution in [0, 0.1) is 17.2 Å². The second-order valence-corrected chi connectivity index (χ2v) is 6.23. The molecular formula is C16H17Cl2N4O3+. The quantitative estimate of drug-likeness (QED) is 0.765. The molecular weight excluding hydrogens is 367 g/mol. The molecule has 1 aromatic carbocycles. The fraction of sp³-hybridized carbons (Fsp3) is 0.375. The summed E-state index contributed by atoms with van der Waals surface area (Å²) in [6.07, 6.45) is 0.576. The molecule has 1 atom stereocenters. The number of carbonyl (C=O) groups excluding carboxylic acids is 2. The molecule has 0 bridgehead atoms. The number of hydrogen-bond acceptors (Lipinski definition) is 4. The van der Waals surface area contributed by atoms with Crippen LogP contribution in [-0.2, 0) is 4.79 Å². The lowest BCUT2D eigenvalue weighted by Crippen LogP contribution is -2.81. The molecule has 0 aromatic heterocycles. The van der Waals surface area contributed by atoms with Crippen LogP contribution in [0.4, 0.5) is 4.79 Å². The van der Waals surface area contributed by atoms with E-state index < -0.39 is 17.9 Å². The number of imide groups is 1. The Bertz CT molecular complexity index is 760. The number of nitrogens with one attached hydrogen (secondary N) is 1. The molecule has 1 N–H and O–H groups in total. The van der Waals surface area contributed by atoms with Crippen LogP contribution < -0.4 is 9.73 Å². The molecule has 9 heteroatoms. The van der Waals surface area contributed by atoms with Crippen LogP contribution in [-0.4, -0.2) is 54.8 Å². The van der Waals surface area contributed by atoms with Crippen LogP contribution in [0.3, 0.4) is 0 Å². The molecule has 1 saturated heterocycles. The van der Waals surface area contributed by atoms with Gasteiger partial charge in [0.15, 0.2) is 0 Å². The van der Waals surface area contributed by atoms with Gasteiger partial charge in [0.1, 0.15) is 5.75 Å². The number of urea groups is 1. The van der Waals surface area contributed by atoms with Crippen LogP contribution >= 0.6 is 23.2 Å². The summed E-state index contributed by atoms with van der Waals surface area (Å²) in [5.41, 5.74) is 0. The molecule has 1 aliphatic heterocycles. The molecule has 2 rings (SSSR count). The van der Waals surface area contributed by atoms with Crippen molar-refractivity contribution in [2.45, 2.75) is 6.42 Å². The van der Waals surface area contributed by atoms with Gasteiger partial charge in [-0.15, -0.1) is 0 Å². The van der Waals surface area contributed by atoms with Crippen LogP contribution in [0.2, 0.25) is 10.0 Å². The molecule has 1 aliphatic rings. The van der Waals surface area contributed by atoms with E-state index in [-0.39, 0.29) is 5.84 Å². The lowest BCUT2D eigenvalue weighted by Gasteiger charge is -2.26. The van der Waals surface area contributed by atoms with E-state index in [1.165, 1.54) is 19.0 Å². The molecule has 0 saturated carbocycles. The van der Waals surface area contributed by atoms with Gasteiger partial charge in [-0.3, -0.25) is 9.79 Å². The first-order chi connectivity index (χ1) is 11.9. The van der Waals surface area contributed by atoms with Gasteiger partial charge in [-0.1, -0.05) is 23.2 Å². The monoisotopic (exact) mass is 383 g/mol. The lowest BCUT2D eigenvalue weighted by molar-refractivity contribution is -0.465. The summed E-state index contributed by atoms with van der Waals surface area (Å²) in [5, 5.41) is 10.2. The minimum Gasteiger partial charge on any atom is -0.492 e. The zero-order valence-electron chi connectivity index (χ0n) is 13.8. The maximum absolute atomic E-state index is 12.0. The molecule has 1 aromatic rings. The molecule has 132 valence electrons. The number of nitriles is 1. The number of carbonyl (C=O) groups is 2. The molecule has 7 nitrogen and oxygen atoms in total. The first-order valence-electron chi connectivity index (χ1n) is 7.50. The van der Waals surface area contributed by atoms with Gasteiger partial charge >= 0.3 is 6.03 Å². The summed E-state index contributed by atoms with van der Waals surface area (Å²) in [4.78, 5) is 29.2. The third-order valence-corrected chi connectivity index (χ3v) is 4.22. The van der Waals surface area contributed by atoms with E-state index in [9.17, 15) is 14.9 Å². The molecule has 1 unspecified atom stereocenters. The van der Waals surface area contributed by atoms with E-state index in [0.717, 1.165) is 4.90 Å². The highest BCUT2D eigenvalue weighted by atomic mass is 35.5. The van der Waals surface area contributed by atoms with Crippen molar-refractivity contribution in [2.75, 3.05) is 27.2 Å². The zero-order chi connectivity index (χ0) is 18.6. The maximum Gasteiger partial charge on any atom is 0.417 e. The van der Waals surface area contributed by atoms with E-state index in [4.69, 9.17) is 27.9 Å². The highest BCUT2D eigenvalue weighted by Crippen LogP contribution is 2.27. The Morgan fingerprint density at radius 2 is 2.00 bits per heavy atom. The number of halogens is 2. The van der Waals surface area contributed by atoms with E-state index in [1.54, 1.807) is 18.2 Å². The average Bonchev–Trinajstić information content (AvgIpc) is 2.58. The second kappa shape index (κ2) is 8.19. The SMILES string of the molecule is CN1C(=O)C(C#N)C(=[NH+]CCCOc2ccc(Cl)cc2Cl)N(C)C1=O. The fourth-order valence-electron chi connectivity index (χ4n) is 2.33.